The highest BCUT2D eigenvalue weighted by molar-refractivity contribution is 5.47. The highest BCUT2D eigenvalue weighted by Crippen LogP contribution is 2.23. The number of benzene rings is 2. The molecule has 0 saturated carbocycles. The summed E-state index contributed by atoms with van der Waals surface area (Å²) in [5.41, 5.74) is 1.08. The summed E-state index contributed by atoms with van der Waals surface area (Å²) in [7, 11) is 1.57. The van der Waals surface area contributed by atoms with Gasteiger partial charge in [0.1, 0.15) is 0 Å². The number of methoxy groups -OCH3 is 1. The molecule has 0 aliphatic rings. The lowest BCUT2D eigenvalue weighted by Crippen LogP contribution is -2.17. The van der Waals surface area contributed by atoms with Crippen LogP contribution in [0.2, 0.25) is 0 Å². The number of halogens is 2. The third kappa shape index (κ3) is 3.29. The molecule has 0 radical (unpaired) electrons. The van der Waals surface area contributed by atoms with Crippen molar-refractivity contribution in [2.24, 2.45) is 0 Å². The van der Waals surface area contributed by atoms with Crippen LogP contribution in [0.15, 0.2) is 48.5 Å². The van der Waals surface area contributed by atoms with E-state index < -0.39 is 11.6 Å². The molecule has 19 heavy (non-hydrogen) atoms. The largest absolute Gasteiger partial charge is 0.382 e. The first-order chi connectivity index (χ1) is 9.22. The van der Waals surface area contributed by atoms with E-state index in [0.717, 1.165) is 11.6 Å². The minimum Gasteiger partial charge on any atom is -0.382 e. The zero-order chi connectivity index (χ0) is 13.7. The zero-order valence-corrected chi connectivity index (χ0v) is 10.6. The molecule has 4 heteroatoms. The van der Waals surface area contributed by atoms with Gasteiger partial charge in [0.25, 0.3) is 0 Å². The Balaban J connectivity index is 2.24. The maximum atomic E-state index is 13.6. The van der Waals surface area contributed by atoms with Crippen LogP contribution in [0.3, 0.4) is 0 Å². The lowest BCUT2D eigenvalue weighted by atomic mass is 10.1. The Morgan fingerprint density at radius 1 is 1.05 bits per heavy atom. The molecular formula is C15H15F2NO. The zero-order valence-electron chi connectivity index (χ0n) is 10.6. The molecule has 0 bridgehead atoms. The Labute approximate surface area is 111 Å². The quantitative estimate of drug-likeness (QED) is 0.886. The third-order valence-electron chi connectivity index (χ3n) is 2.82. The second-order valence-electron chi connectivity index (χ2n) is 4.16. The third-order valence-corrected chi connectivity index (χ3v) is 2.82. The summed E-state index contributed by atoms with van der Waals surface area (Å²) in [4.78, 5) is 0. The Morgan fingerprint density at radius 2 is 1.79 bits per heavy atom. The van der Waals surface area contributed by atoms with E-state index in [0.29, 0.717) is 6.61 Å². The van der Waals surface area contributed by atoms with Crippen LogP contribution in [-0.4, -0.2) is 13.7 Å². The molecule has 0 fully saturated rings. The number of nitrogens with one attached hydrogen (secondary N) is 1. The summed E-state index contributed by atoms with van der Waals surface area (Å²) >= 11 is 0. The number of rotatable bonds is 5. The van der Waals surface area contributed by atoms with Gasteiger partial charge in [0.05, 0.1) is 18.3 Å². The first-order valence-corrected chi connectivity index (χ1v) is 5.97. The second-order valence-corrected chi connectivity index (χ2v) is 4.16. The standard InChI is InChI=1S/C15H15F2NO/c1-19-10-14(11-6-3-2-4-7-11)18-13-9-5-8-12(16)15(13)17/h2-9,14,18H,10H2,1H3. The fraction of sp³-hybridized carbons (Fsp3) is 0.200. The van der Waals surface area contributed by atoms with Gasteiger partial charge in [-0.25, -0.2) is 8.78 Å². The topological polar surface area (TPSA) is 21.3 Å². The van der Waals surface area contributed by atoms with Crippen LogP contribution in [0.1, 0.15) is 11.6 Å². The van der Waals surface area contributed by atoms with Gasteiger partial charge in [-0.05, 0) is 17.7 Å². The molecule has 0 amide bonds. The first kappa shape index (κ1) is 13.5. The van der Waals surface area contributed by atoms with Crippen molar-refractivity contribution in [3.05, 3.63) is 65.7 Å². The van der Waals surface area contributed by atoms with Gasteiger partial charge in [-0.3, -0.25) is 0 Å². The lowest BCUT2D eigenvalue weighted by molar-refractivity contribution is 0.186. The van der Waals surface area contributed by atoms with Gasteiger partial charge in [-0.15, -0.1) is 0 Å². The minimum absolute atomic E-state index is 0.130. The summed E-state index contributed by atoms with van der Waals surface area (Å²) < 4.78 is 31.9. The molecule has 0 heterocycles. The van der Waals surface area contributed by atoms with Gasteiger partial charge >= 0.3 is 0 Å². The minimum atomic E-state index is -0.875. The van der Waals surface area contributed by atoms with Crippen molar-refractivity contribution in [3.63, 3.8) is 0 Å². The van der Waals surface area contributed by atoms with Gasteiger partial charge in [0, 0.05) is 7.11 Å². The van der Waals surface area contributed by atoms with Gasteiger partial charge < -0.3 is 10.1 Å². The summed E-state index contributed by atoms with van der Waals surface area (Å²) in [5, 5.41) is 2.97. The Morgan fingerprint density at radius 3 is 2.47 bits per heavy atom. The van der Waals surface area contributed by atoms with E-state index in [4.69, 9.17) is 4.74 Å². The monoisotopic (exact) mass is 263 g/mol. The Kier molecular flexibility index (Phi) is 4.47. The molecule has 0 spiro atoms. The number of hydrogen-bond donors (Lipinski definition) is 1. The smallest absolute Gasteiger partial charge is 0.181 e. The average molecular weight is 263 g/mol. The van der Waals surface area contributed by atoms with Crippen molar-refractivity contribution in [2.75, 3.05) is 19.0 Å². The van der Waals surface area contributed by atoms with E-state index in [1.54, 1.807) is 7.11 Å². The summed E-state index contributed by atoms with van der Waals surface area (Å²) in [5.74, 6) is -1.74. The van der Waals surface area contributed by atoms with E-state index in [1.807, 2.05) is 30.3 Å². The molecular weight excluding hydrogens is 248 g/mol. The summed E-state index contributed by atoms with van der Waals surface area (Å²) in [6, 6.07) is 13.3. The van der Waals surface area contributed by atoms with Crippen LogP contribution in [0, 0.1) is 11.6 Å². The molecule has 0 saturated heterocycles. The number of hydrogen-bond acceptors (Lipinski definition) is 2. The molecule has 2 aromatic rings. The fourth-order valence-electron chi connectivity index (χ4n) is 1.88. The number of ether oxygens (including phenoxy) is 1. The van der Waals surface area contributed by atoms with Crippen molar-refractivity contribution in [2.45, 2.75) is 6.04 Å². The van der Waals surface area contributed by atoms with Crippen molar-refractivity contribution < 1.29 is 13.5 Å². The average Bonchev–Trinajstić information content (AvgIpc) is 2.44. The van der Waals surface area contributed by atoms with Crippen LogP contribution >= 0.6 is 0 Å². The highest BCUT2D eigenvalue weighted by Gasteiger charge is 2.14. The normalized spacial score (nSPS) is 12.2. The predicted octanol–water partition coefficient (Wildman–Crippen LogP) is 3.76. The van der Waals surface area contributed by atoms with Crippen LogP contribution in [0.5, 0.6) is 0 Å². The van der Waals surface area contributed by atoms with E-state index in [-0.39, 0.29) is 11.7 Å². The van der Waals surface area contributed by atoms with Gasteiger partial charge in [-0.2, -0.15) is 0 Å². The molecule has 1 N–H and O–H groups in total. The fourth-order valence-corrected chi connectivity index (χ4v) is 1.88. The molecule has 1 unspecified atom stereocenters. The SMILES string of the molecule is COCC(Nc1cccc(F)c1F)c1ccccc1. The van der Waals surface area contributed by atoms with Crippen molar-refractivity contribution in [3.8, 4) is 0 Å². The molecule has 2 aromatic carbocycles. The predicted molar refractivity (Wildman–Crippen MR) is 71.0 cm³/mol. The Bertz CT molecular complexity index is 531. The maximum Gasteiger partial charge on any atom is 0.181 e. The molecule has 1 atom stereocenters. The van der Waals surface area contributed by atoms with E-state index in [9.17, 15) is 8.78 Å². The highest BCUT2D eigenvalue weighted by atomic mass is 19.2. The van der Waals surface area contributed by atoms with Crippen LogP contribution < -0.4 is 5.32 Å². The maximum absolute atomic E-state index is 13.6. The van der Waals surface area contributed by atoms with E-state index in [1.165, 1.54) is 12.1 Å². The van der Waals surface area contributed by atoms with Crippen molar-refractivity contribution in [1.82, 2.24) is 0 Å². The summed E-state index contributed by atoms with van der Waals surface area (Å²) in [6.07, 6.45) is 0. The lowest BCUT2D eigenvalue weighted by Gasteiger charge is -2.20. The first-order valence-electron chi connectivity index (χ1n) is 5.97. The molecule has 0 aliphatic heterocycles. The second kappa shape index (κ2) is 6.29. The Hall–Kier alpha value is -1.94. The van der Waals surface area contributed by atoms with Crippen LogP contribution in [0.25, 0.3) is 0 Å². The van der Waals surface area contributed by atoms with Crippen LogP contribution in [-0.2, 0) is 4.74 Å². The van der Waals surface area contributed by atoms with E-state index in [2.05, 4.69) is 5.32 Å². The molecule has 2 rings (SSSR count). The van der Waals surface area contributed by atoms with Gasteiger partial charge in [0.2, 0.25) is 0 Å². The van der Waals surface area contributed by atoms with Crippen molar-refractivity contribution >= 4 is 5.69 Å². The van der Waals surface area contributed by atoms with Gasteiger partial charge in [0.15, 0.2) is 11.6 Å². The molecule has 2 nitrogen and oxygen atoms in total. The number of anilines is 1. The van der Waals surface area contributed by atoms with Gasteiger partial charge in [-0.1, -0.05) is 36.4 Å². The van der Waals surface area contributed by atoms with Crippen LogP contribution in [0.4, 0.5) is 14.5 Å². The van der Waals surface area contributed by atoms with E-state index >= 15 is 0 Å². The summed E-state index contributed by atoms with van der Waals surface area (Å²) in [6.45, 7) is 0.361. The van der Waals surface area contributed by atoms with Crippen molar-refractivity contribution in [1.29, 1.82) is 0 Å². The molecule has 0 aliphatic carbocycles. The molecule has 0 aromatic heterocycles. The molecule has 100 valence electrons.